The second kappa shape index (κ2) is 5.53. The number of nitrogens with zero attached hydrogens (tertiary/aromatic N) is 3. The summed E-state index contributed by atoms with van der Waals surface area (Å²) >= 11 is 3.17. The van der Waals surface area contributed by atoms with Crippen LogP contribution in [0.15, 0.2) is 53.3 Å². The van der Waals surface area contributed by atoms with Crippen LogP contribution in [0.3, 0.4) is 0 Å². The molecular formula is C14H11BrN4O2. The van der Waals surface area contributed by atoms with E-state index in [9.17, 15) is 10.1 Å². The van der Waals surface area contributed by atoms with Crippen LogP contribution < -0.4 is 5.32 Å². The third-order valence-corrected chi connectivity index (χ3v) is 3.80. The first-order valence-electron chi connectivity index (χ1n) is 6.24. The van der Waals surface area contributed by atoms with E-state index >= 15 is 0 Å². The SMILES string of the molecule is O=[N+]([O-])c1cc(NCc2cnn3ccccc23)ccc1Br. The van der Waals surface area contributed by atoms with Gasteiger partial charge in [-0.05, 0) is 40.2 Å². The molecule has 7 heteroatoms. The van der Waals surface area contributed by atoms with Gasteiger partial charge in [-0.15, -0.1) is 0 Å². The highest BCUT2D eigenvalue weighted by atomic mass is 79.9. The van der Waals surface area contributed by atoms with Gasteiger partial charge in [-0.1, -0.05) is 6.07 Å². The molecule has 2 heterocycles. The van der Waals surface area contributed by atoms with Crippen LogP contribution in [-0.4, -0.2) is 14.5 Å². The molecule has 3 rings (SSSR count). The standard InChI is InChI=1S/C14H11BrN4O2/c15-12-5-4-11(7-14(12)19(20)21)16-8-10-9-17-18-6-2-1-3-13(10)18/h1-7,9,16H,8H2. The minimum atomic E-state index is -0.412. The first-order chi connectivity index (χ1) is 10.1. The van der Waals surface area contributed by atoms with E-state index in [0.717, 1.165) is 11.1 Å². The molecule has 0 spiro atoms. The Kier molecular flexibility index (Phi) is 3.57. The maximum atomic E-state index is 10.9. The third-order valence-electron chi connectivity index (χ3n) is 3.13. The van der Waals surface area contributed by atoms with E-state index in [1.165, 1.54) is 6.07 Å². The van der Waals surface area contributed by atoms with Gasteiger partial charge in [0.1, 0.15) is 0 Å². The first-order valence-corrected chi connectivity index (χ1v) is 7.03. The van der Waals surface area contributed by atoms with Crippen molar-refractivity contribution in [2.75, 3.05) is 5.32 Å². The van der Waals surface area contributed by atoms with Crippen LogP contribution in [-0.2, 0) is 6.54 Å². The molecular weight excluding hydrogens is 336 g/mol. The molecule has 0 aliphatic rings. The molecule has 0 radical (unpaired) electrons. The molecule has 0 atom stereocenters. The number of rotatable bonds is 4. The van der Waals surface area contributed by atoms with Crippen molar-refractivity contribution in [1.82, 2.24) is 9.61 Å². The van der Waals surface area contributed by atoms with E-state index in [0.29, 0.717) is 16.7 Å². The fourth-order valence-corrected chi connectivity index (χ4v) is 2.47. The van der Waals surface area contributed by atoms with Gasteiger partial charge in [-0.3, -0.25) is 10.1 Å². The van der Waals surface area contributed by atoms with E-state index in [-0.39, 0.29) is 5.69 Å². The molecule has 0 bridgehead atoms. The molecule has 0 saturated heterocycles. The lowest BCUT2D eigenvalue weighted by Crippen LogP contribution is -2.00. The van der Waals surface area contributed by atoms with Gasteiger partial charge in [0.05, 0.1) is 21.1 Å². The van der Waals surface area contributed by atoms with Crippen LogP contribution in [0.4, 0.5) is 11.4 Å². The minimum Gasteiger partial charge on any atom is -0.381 e. The number of benzene rings is 1. The van der Waals surface area contributed by atoms with Crippen molar-refractivity contribution < 1.29 is 4.92 Å². The van der Waals surface area contributed by atoms with Gasteiger partial charge < -0.3 is 5.32 Å². The zero-order valence-corrected chi connectivity index (χ0v) is 12.4. The Morgan fingerprint density at radius 3 is 3.00 bits per heavy atom. The number of nitrogens with one attached hydrogen (secondary N) is 1. The highest BCUT2D eigenvalue weighted by Gasteiger charge is 2.12. The fourth-order valence-electron chi connectivity index (χ4n) is 2.08. The number of anilines is 1. The van der Waals surface area contributed by atoms with Gasteiger partial charge in [-0.2, -0.15) is 5.10 Å². The van der Waals surface area contributed by atoms with Gasteiger partial charge >= 0.3 is 0 Å². The van der Waals surface area contributed by atoms with Crippen LogP contribution in [0.25, 0.3) is 5.52 Å². The quantitative estimate of drug-likeness (QED) is 0.578. The summed E-state index contributed by atoms with van der Waals surface area (Å²) in [5.74, 6) is 0. The van der Waals surface area contributed by atoms with Crippen molar-refractivity contribution in [1.29, 1.82) is 0 Å². The lowest BCUT2D eigenvalue weighted by atomic mass is 10.2. The average molecular weight is 347 g/mol. The minimum absolute atomic E-state index is 0.0415. The molecule has 1 aromatic carbocycles. The lowest BCUT2D eigenvalue weighted by Gasteiger charge is -2.06. The van der Waals surface area contributed by atoms with E-state index in [1.54, 1.807) is 22.8 Å². The highest BCUT2D eigenvalue weighted by molar-refractivity contribution is 9.10. The van der Waals surface area contributed by atoms with Crippen LogP contribution in [0.5, 0.6) is 0 Å². The Balaban J connectivity index is 1.82. The van der Waals surface area contributed by atoms with Crippen molar-refractivity contribution in [2.45, 2.75) is 6.54 Å². The highest BCUT2D eigenvalue weighted by Crippen LogP contribution is 2.28. The maximum Gasteiger partial charge on any atom is 0.285 e. The van der Waals surface area contributed by atoms with E-state index in [4.69, 9.17) is 0 Å². The Morgan fingerprint density at radius 1 is 1.33 bits per heavy atom. The molecule has 0 aliphatic heterocycles. The molecule has 2 aromatic heterocycles. The molecule has 0 saturated carbocycles. The average Bonchev–Trinajstić information content (AvgIpc) is 2.89. The number of fused-ring (bicyclic) bond motifs is 1. The molecule has 0 unspecified atom stereocenters. The van der Waals surface area contributed by atoms with Crippen molar-refractivity contribution in [2.24, 2.45) is 0 Å². The smallest absolute Gasteiger partial charge is 0.285 e. The second-order valence-corrected chi connectivity index (χ2v) is 5.33. The summed E-state index contributed by atoms with van der Waals surface area (Å²) in [6.07, 6.45) is 3.67. The largest absolute Gasteiger partial charge is 0.381 e. The summed E-state index contributed by atoms with van der Waals surface area (Å²) in [5.41, 5.74) is 2.78. The van der Waals surface area contributed by atoms with E-state index in [2.05, 4.69) is 26.3 Å². The maximum absolute atomic E-state index is 10.9. The normalized spacial score (nSPS) is 10.7. The summed E-state index contributed by atoms with van der Waals surface area (Å²) in [6.45, 7) is 0.548. The number of aromatic nitrogens is 2. The Bertz CT molecular complexity index is 816. The molecule has 106 valence electrons. The van der Waals surface area contributed by atoms with Crippen LogP contribution in [0.1, 0.15) is 5.56 Å². The van der Waals surface area contributed by atoms with Crippen molar-refractivity contribution >= 4 is 32.8 Å². The molecule has 3 aromatic rings. The Morgan fingerprint density at radius 2 is 2.19 bits per heavy atom. The number of nitro benzene ring substituents is 1. The molecule has 1 N–H and O–H groups in total. The number of halogens is 1. The summed E-state index contributed by atoms with van der Waals surface area (Å²) in [7, 11) is 0. The summed E-state index contributed by atoms with van der Waals surface area (Å²) in [5, 5.41) is 18.4. The van der Waals surface area contributed by atoms with Crippen molar-refractivity contribution in [3.05, 3.63) is 68.9 Å². The predicted octanol–water partition coefficient (Wildman–Crippen LogP) is 3.62. The zero-order valence-electron chi connectivity index (χ0n) is 10.9. The van der Waals surface area contributed by atoms with Gasteiger partial charge in [-0.25, -0.2) is 4.52 Å². The number of hydrogen-bond donors (Lipinski definition) is 1. The zero-order chi connectivity index (χ0) is 14.8. The molecule has 21 heavy (non-hydrogen) atoms. The van der Waals surface area contributed by atoms with Gasteiger partial charge in [0.25, 0.3) is 5.69 Å². The second-order valence-electron chi connectivity index (χ2n) is 4.48. The predicted molar refractivity (Wildman–Crippen MR) is 83.3 cm³/mol. The summed E-state index contributed by atoms with van der Waals surface area (Å²) in [4.78, 5) is 10.5. The molecule has 0 fully saturated rings. The Hall–Kier alpha value is -2.41. The van der Waals surface area contributed by atoms with Gasteiger partial charge in [0.15, 0.2) is 0 Å². The van der Waals surface area contributed by atoms with E-state index < -0.39 is 4.92 Å². The topological polar surface area (TPSA) is 72.5 Å². The van der Waals surface area contributed by atoms with Crippen LogP contribution in [0, 0.1) is 10.1 Å². The first kappa shape index (κ1) is 13.6. The third kappa shape index (κ3) is 2.73. The van der Waals surface area contributed by atoms with Gasteiger partial charge in [0.2, 0.25) is 0 Å². The molecule has 0 amide bonds. The van der Waals surface area contributed by atoms with Crippen LogP contribution >= 0.6 is 15.9 Å². The summed E-state index contributed by atoms with van der Waals surface area (Å²) < 4.78 is 2.26. The van der Waals surface area contributed by atoms with Gasteiger partial charge in [0, 0.05) is 30.1 Å². The monoisotopic (exact) mass is 346 g/mol. The number of nitro groups is 1. The Labute approximate surface area is 128 Å². The van der Waals surface area contributed by atoms with Crippen molar-refractivity contribution in [3.8, 4) is 0 Å². The number of pyridine rings is 1. The lowest BCUT2D eigenvalue weighted by molar-refractivity contribution is -0.385. The molecule has 6 nitrogen and oxygen atoms in total. The summed E-state index contributed by atoms with van der Waals surface area (Å²) in [6, 6.07) is 10.8. The van der Waals surface area contributed by atoms with Crippen molar-refractivity contribution in [3.63, 3.8) is 0 Å². The van der Waals surface area contributed by atoms with Crippen LogP contribution in [0.2, 0.25) is 0 Å². The van der Waals surface area contributed by atoms with E-state index in [1.807, 2.05) is 24.4 Å². The fraction of sp³-hybridized carbons (Fsp3) is 0.0714. The molecule has 0 aliphatic carbocycles. The number of hydrogen-bond acceptors (Lipinski definition) is 4.